The third-order valence-corrected chi connectivity index (χ3v) is 2.33. The van der Waals surface area contributed by atoms with Crippen molar-refractivity contribution in [3.05, 3.63) is 35.9 Å². The topological polar surface area (TPSA) is 38.8 Å². The summed E-state index contributed by atoms with van der Waals surface area (Å²) in [6.07, 6.45) is 0.297. The highest BCUT2D eigenvalue weighted by atomic mass is 16.7. The lowest BCUT2D eigenvalue weighted by molar-refractivity contribution is -0.142. The van der Waals surface area contributed by atoms with Crippen molar-refractivity contribution >= 4 is 6.09 Å². The maximum absolute atomic E-state index is 11.9. The molecule has 0 aliphatic heterocycles. The van der Waals surface area contributed by atoms with Crippen LogP contribution in [0.3, 0.4) is 0 Å². The van der Waals surface area contributed by atoms with Crippen LogP contribution in [0.25, 0.3) is 0 Å². The summed E-state index contributed by atoms with van der Waals surface area (Å²) in [5.74, 6) is 0. The lowest BCUT2D eigenvalue weighted by atomic mass is 10.1. The van der Waals surface area contributed by atoms with Gasteiger partial charge < -0.3 is 4.74 Å². The molecule has 0 saturated heterocycles. The summed E-state index contributed by atoms with van der Waals surface area (Å²) in [4.78, 5) is 17.3. The quantitative estimate of drug-likeness (QED) is 0.766. The Hall–Kier alpha value is -1.55. The van der Waals surface area contributed by atoms with Crippen LogP contribution in [0.2, 0.25) is 0 Å². The summed E-state index contributed by atoms with van der Waals surface area (Å²) in [7, 11) is 0. The van der Waals surface area contributed by atoms with Crippen LogP contribution in [0, 0.1) is 0 Å². The monoisotopic (exact) mass is 265 g/mol. The van der Waals surface area contributed by atoms with E-state index in [1.54, 1.807) is 0 Å². The van der Waals surface area contributed by atoms with Crippen LogP contribution in [0.15, 0.2) is 30.3 Å². The Kier molecular flexibility index (Phi) is 5.83. The van der Waals surface area contributed by atoms with E-state index in [0.717, 1.165) is 12.0 Å². The number of carbonyl (C=O) groups is 1. The number of nitrogens with zero attached hydrogens (tertiary/aromatic N) is 1. The lowest BCUT2D eigenvalue weighted by Gasteiger charge is -2.26. The van der Waals surface area contributed by atoms with E-state index < -0.39 is 11.7 Å². The van der Waals surface area contributed by atoms with Gasteiger partial charge in [-0.15, -0.1) is 0 Å². The van der Waals surface area contributed by atoms with Crippen molar-refractivity contribution in [2.24, 2.45) is 0 Å². The molecule has 1 rings (SSSR count). The lowest BCUT2D eigenvalue weighted by Crippen LogP contribution is -2.38. The second-order valence-electron chi connectivity index (χ2n) is 5.24. The van der Waals surface area contributed by atoms with E-state index in [1.807, 2.05) is 58.0 Å². The molecule has 0 aromatic heterocycles. The Bertz CT molecular complexity index is 384. The van der Waals surface area contributed by atoms with E-state index in [9.17, 15) is 4.79 Å². The smallest absolute Gasteiger partial charge is 0.434 e. The molecule has 0 bridgehead atoms. The molecule has 19 heavy (non-hydrogen) atoms. The van der Waals surface area contributed by atoms with Crippen molar-refractivity contribution in [3.8, 4) is 0 Å². The fourth-order valence-corrected chi connectivity index (χ4v) is 1.55. The van der Waals surface area contributed by atoms with Gasteiger partial charge in [-0.1, -0.05) is 30.3 Å². The van der Waals surface area contributed by atoms with E-state index in [0.29, 0.717) is 13.2 Å². The van der Waals surface area contributed by atoms with E-state index in [2.05, 4.69) is 0 Å². The van der Waals surface area contributed by atoms with Gasteiger partial charge in [-0.3, -0.25) is 4.84 Å². The molecule has 0 aliphatic carbocycles. The summed E-state index contributed by atoms with van der Waals surface area (Å²) in [5, 5.41) is 1.29. The highest BCUT2D eigenvalue weighted by Crippen LogP contribution is 2.11. The average molecular weight is 265 g/mol. The number of ether oxygens (including phenoxy) is 1. The summed E-state index contributed by atoms with van der Waals surface area (Å²) < 4.78 is 5.30. The maximum atomic E-state index is 11.9. The molecule has 0 radical (unpaired) electrons. The predicted octanol–water partition coefficient (Wildman–Crippen LogP) is 3.42. The highest BCUT2D eigenvalue weighted by molar-refractivity contribution is 5.66. The van der Waals surface area contributed by atoms with Crippen molar-refractivity contribution in [1.82, 2.24) is 5.06 Å². The molecule has 0 heterocycles. The fraction of sp³-hybridized carbons (Fsp3) is 0.533. The molecular formula is C15H23NO3. The molecule has 0 atom stereocenters. The van der Waals surface area contributed by atoms with E-state index in [1.165, 1.54) is 5.06 Å². The number of hydrogen-bond donors (Lipinski definition) is 0. The first-order valence-corrected chi connectivity index (χ1v) is 6.59. The molecule has 0 saturated carbocycles. The molecule has 0 spiro atoms. The molecule has 0 fully saturated rings. The maximum Gasteiger partial charge on any atom is 0.434 e. The van der Waals surface area contributed by atoms with Crippen molar-refractivity contribution in [2.75, 3.05) is 13.2 Å². The number of hydroxylamine groups is 2. The van der Waals surface area contributed by atoms with Crippen molar-refractivity contribution in [1.29, 1.82) is 0 Å². The number of amides is 1. The van der Waals surface area contributed by atoms with Crippen LogP contribution in [0.4, 0.5) is 4.79 Å². The Balaban J connectivity index is 2.55. The third kappa shape index (κ3) is 6.25. The van der Waals surface area contributed by atoms with Crippen molar-refractivity contribution in [2.45, 2.75) is 39.7 Å². The van der Waals surface area contributed by atoms with Crippen LogP contribution >= 0.6 is 0 Å². The average Bonchev–Trinajstić information content (AvgIpc) is 2.33. The Morgan fingerprint density at radius 3 is 2.37 bits per heavy atom. The standard InChI is InChI=1S/C15H23NO3/c1-5-18-16(14(17)19-15(2,3)4)12-11-13-9-7-6-8-10-13/h6-10H,5,11-12H2,1-4H3. The SMILES string of the molecule is CCON(CCc1ccccc1)C(=O)OC(C)(C)C. The molecule has 0 aliphatic rings. The summed E-state index contributed by atoms with van der Waals surface area (Å²) in [6.45, 7) is 8.28. The van der Waals surface area contributed by atoms with Gasteiger partial charge >= 0.3 is 6.09 Å². The van der Waals surface area contributed by atoms with E-state index in [4.69, 9.17) is 9.57 Å². The third-order valence-electron chi connectivity index (χ3n) is 2.33. The number of benzene rings is 1. The van der Waals surface area contributed by atoms with Crippen LogP contribution in [-0.4, -0.2) is 29.9 Å². The van der Waals surface area contributed by atoms with Crippen LogP contribution in [0.1, 0.15) is 33.3 Å². The van der Waals surface area contributed by atoms with Crippen LogP contribution in [-0.2, 0) is 16.0 Å². The molecular weight excluding hydrogens is 242 g/mol. The minimum Gasteiger partial charge on any atom is -0.442 e. The number of rotatable bonds is 5. The molecule has 0 N–H and O–H groups in total. The fourth-order valence-electron chi connectivity index (χ4n) is 1.55. The molecule has 1 aromatic carbocycles. The van der Waals surface area contributed by atoms with Crippen molar-refractivity contribution < 1.29 is 14.4 Å². The largest absolute Gasteiger partial charge is 0.442 e. The first-order valence-electron chi connectivity index (χ1n) is 6.59. The second-order valence-corrected chi connectivity index (χ2v) is 5.24. The first kappa shape index (κ1) is 15.5. The highest BCUT2D eigenvalue weighted by Gasteiger charge is 2.22. The van der Waals surface area contributed by atoms with Gasteiger partial charge in [-0.2, -0.15) is 5.06 Å². The zero-order chi connectivity index (χ0) is 14.3. The number of carbonyl (C=O) groups excluding carboxylic acids is 1. The van der Waals surface area contributed by atoms with Gasteiger partial charge in [-0.05, 0) is 39.7 Å². The van der Waals surface area contributed by atoms with Gasteiger partial charge in [0.15, 0.2) is 0 Å². The molecule has 106 valence electrons. The Labute approximate surface area is 115 Å². The zero-order valence-electron chi connectivity index (χ0n) is 12.2. The van der Waals surface area contributed by atoms with Gasteiger partial charge in [0.25, 0.3) is 0 Å². The molecule has 0 unspecified atom stereocenters. The van der Waals surface area contributed by atoms with E-state index >= 15 is 0 Å². The predicted molar refractivity (Wildman–Crippen MR) is 74.7 cm³/mol. The van der Waals surface area contributed by atoms with Gasteiger partial charge in [0.1, 0.15) is 5.60 Å². The van der Waals surface area contributed by atoms with Gasteiger partial charge in [0.2, 0.25) is 0 Å². The molecule has 1 aromatic rings. The first-order chi connectivity index (χ1) is 8.92. The molecule has 4 nitrogen and oxygen atoms in total. The summed E-state index contributed by atoms with van der Waals surface area (Å²) in [5.41, 5.74) is 0.648. The molecule has 1 amide bonds. The Morgan fingerprint density at radius 1 is 1.21 bits per heavy atom. The zero-order valence-corrected chi connectivity index (χ0v) is 12.2. The normalized spacial score (nSPS) is 11.2. The summed E-state index contributed by atoms with van der Waals surface area (Å²) >= 11 is 0. The van der Waals surface area contributed by atoms with Gasteiger partial charge in [-0.25, -0.2) is 4.79 Å². The van der Waals surface area contributed by atoms with Gasteiger partial charge in [0.05, 0.1) is 13.2 Å². The Morgan fingerprint density at radius 2 is 1.84 bits per heavy atom. The minimum absolute atomic E-state index is 0.439. The van der Waals surface area contributed by atoms with Crippen LogP contribution < -0.4 is 0 Å². The van der Waals surface area contributed by atoms with Crippen molar-refractivity contribution in [3.63, 3.8) is 0 Å². The number of hydrogen-bond acceptors (Lipinski definition) is 3. The molecule has 4 heteroatoms. The summed E-state index contributed by atoms with van der Waals surface area (Å²) in [6, 6.07) is 9.98. The second kappa shape index (κ2) is 7.14. The van der Waals surface area contributed by atoms with Crippen LogP contribution in [0.5, 0.6) is 0 Å². The minimum atomic E-state index is -0.515. The van der Waals surface area contributed by atoms with Gasteiger partial charge in [0, 0.05) is 0 Å². The van der Waals surface area contributed by atoms with E-state index in [-0.39, 0.29) is 0 Å².